The third-order valence-electron chi connectivity index (χ3n) is 4.39. The third kappa shape index (κ3) is 3.39. The zero-order chi connectivity index (χ0) is 16.4. The summed E-state index contributed by atoms with van der Waals surface area (Å²) in [5.74, 6) is 1.64. The monoisotopic (exact) mass is 333 g/mol. The van der Waals surface area contributed by atoms with Crippen LogP contribution >= 0.6 is 11.3 Å². The lowest BCUT2D eigenvalue weighted by atomic mass is 9.97. The number of aryl methyl sites for hydroxylation is 2. The molecule has 1 atom stereocenters. The number of nitrogens with one attached hydrogen (secondary N) is 1. The van der Waals surface area contributed by atoms with Gasteiger partial charge in [0.1, 0.15) is 10.7 Å². The summed E-state index contributed by atoms with van der Waals surface area (Å²) in [7, 11) is 1.83. The fourth-order valence-electron chi connectivity index (χ4n) is 3.12. The average molecular weight is 333 g/mol. The molecule has 0 saturated carbocycles. The van der Waals surface area contributed by atoms with Crippen molar-refractivity contribution in [3.8, 4) is 0 Å². The number of rotatable bonds is 4. The minimum absolute atomic E-state index is 0.119. The van der Waals surface area contributed by atoms with E-state index in [9.17, 15) is 4.79 Å². The second kappa shape index (κ2) is 6.70. The van der Waals surface area contributed by atoms with E-state index >= 15 is 0 Å². The van der Waals surface area contributed by atoms with E-state index in [-0.39, 0.29) is 5.91 Å². The van der Waals surface area contributed by atoms with Crippen LogP contribution in [0.4, 0.5) is 5.13 Å². The summed E-state index contributed by atoms with van der Waals surface area (Å²) in [6.07, 6.45) is 6.06. The van der Waals surface area contributed by atoms with Crippen LogP contribution in [-0.4, -0.2) is 45.5 Å². The van der Waals surface area contributed by atoms with Gasteiger partial charge in [-0.25, -0.2) is 9.97 Å². The Balaban J connectivity index is 1.69. The van der Waals surface area contributed by atoms with Gasteiger partial charge in [0.2, 0.25) is 0 Å². The molecule has 124 valence electrons. The smallest absolute Gasteiger partial charge is 0.265 e. The van der Waals surface area contributed by atoms with E-state index in [2.05, 4.69) is 19.9 Å². The summed E-state index contributed by atoms with van der Waals surface area (Å²) >= 11 is 1.44. The Kier molecular flexibility index (Phi) is 4.66. The highest BCUT2D eigenvalue weighted by Crippen LogP contribution is 2.26. The highest BCUT2D eigenvalue weighted by Gasteiger charge is 2.27. The van der Waals surface area contributed by atoms with Crippen molar-refractivity contribution in [2.24, 2.45) is 5.92 Å². The Morgan fingerprint density at radius 2 is 2.30 bits per heavy atom. The molecule has 1 amide bonds. The fraction of sp³-hybridized carbons (Fsp3) is 0.562. The van der Waals surface area contributed by atoms with E-state index in [1.165, 1.54) is 11.3 Å². The number of aromatic nitrogens is 3. The normalized spacial score (nSPS) is 18.2. The van der Waals surface area contributed by atoms with Crippen LogP contribution in [0, 0.1) is 19.8 Å². The SMILES string of the molecule is CNc1nc(C)c(C(=O)N2CCC[C@@H](Cn3ccnc3C)C2)s1. The number of hydrogen-bond donors (Lipinski definition) is 1. The van der Waals surface area contributed by atoms with E-state index in [4.69, 9.17) is 0 Å². The predicted octanol–water partition coefficient (Wildman–Crippen LogP) is 2.55. The Labute approximate surface area is 140 Å². The van der Waals surface area contributed by atoms with Gasteiger partial charge in [-0.3, -0.25) is 4.79 Å². The van der Waals surface area contributed by atoms with Crippen LogP contribution < -0.4 is 5.32 Å². The molecular weight excluding hydrogens is 310 g/mol. The van der Waals surface area contributed by atoms with Gasteiger partial charge < -0.3 is 14.8 Å². The number of nitrogens with zero attached hydrogens (tertiary/aromatic N) is 4. The summed E-state index contributed by atoms with van der Waals surface area (Å²) in [6, 6.07) is 0. The minimum Gasteiger partial charge on any atom is -0.365 e. The molecule has 0 aromatic carbocycles. The molecule has 6 nitrogen and oxygen atoms in total. The lowest BCUT2D eigenvalue weighted by Crippen LogP contribution is -2.41. The molecule has 1 N–H and O–H groups in total. The number of piperidine rings is 1. The lowest BCUT2D eigenvalue weighted by molar-refractivity contribution is 0.0666. The summed E-state index contributed by atoms with van der Waals surface area (Å²) < 4.78 is 2.18. The lowest BCUT2D eigenvalue weighted by Gasteiger charge is -2.33. The van der Waals surface area contributed by atoms with Crippen LogP contribution in [0.1, 0.15) is 34.0 Å². The quantitative estimate of drug-likeness (QED) is 0.934. The topological polar surface area (TPSA) is 63.1 Å². The highest BCUT2D eigenvalue weighted by molar-refractivity contribution is 7.17. The standard InChI is InChI=1S/C16H23N5OS/c1-11-14(23-16(17-3)19-11)15(22)21-7-4-5-13(10-21)9-20-8-6-18-12(20)2/h6,8,13H,4-5,7,9-10H2,1-3H3,(H,17,19)/t13-/m0/s1. The highest BCUT2D eigenvalue weighted by atomic mass is 32.1. The molecule has 0 aliphatic carbocycles. The van der Waals surface area contributed by atoms with Gasteiger partial charge in [-0.05, 0) is 32.6 Å². The first kappa shape index (κ1) is 16.0. The van der Waals surface area contributed by atoms with Crippen LogP contribution in [0.5, 0.6) is 0 Å². The third-order valence-corrected chi connectivity index (χ3v) is 5.55. The number of carbonyl (C=O) groups is 1. The van der Waals surface area contributed by atoms with Gasteiger partial charge in [-0.1, -0.05) is 11.3 Å². The van der Waals surface area contributed by atoms with Crippen molar-refractivity contribution in [1.82, 2.24) is 19.4 Å². The van der Waals surface area contributed by atoms with Crippen molar-refractivity contribution >= 4 is 22.4 Å². The van der Waals surface area contributed by atoms with E-state index in [0.717, 1.165) is 54.0 Å². The number of likely N-dealkylation sites (tertiary alicyclic amines) is 1. The van der Waals surface area contributed by atoms with Gasteiger partial charge in [0.15, 0.2) is 5.13 Å². The van der Waals surface area contributed by atoms with Crippen molar-refractivity contribution in [3.05, 3.63) is 28.8 Å². The first-order chi connectivity index (χ1) is 11.1. The maximum atomic E-state index is 12.8. The van der Waals surface area contributed by atoms with Gasteiger partial charge in [0.25, 0.3) is 5.91 Å². The Hall–Kier alpha value is -1.89. The van der Waals surface area contributed by atoms with Crippen molar-refractivity contribution in [2.45, 2.75) is 33.2 Å². The number of hydrogen-bond acceptors (Lipinski definition) is 5. The van der Waals surface area contributed by atoms with E-state index in [1.54, 1.807) is 0 Å². The number of anilines is 1. The zero-order valence-corrected chi connectivity index (χ0v) is 14.7. The molecule has 0 unspecified atom stereocenters. The molecular formula is C16H23N5OS. The minimum atomic E-state index is 0.119. The van der Waals surface area contributed by atoms with Crippen LogP contribution in [0.15, 0.2) is 12.4 Å². The number of amides is 1. The fourth-order valence-corrected chi connectivity index (χ4v) is 4.01. The van der Waals surface area contributed by atoms with Gasteiger partial charge >= 0.3 is 0 Å². The molecule has 1 aliphatic rings. The molecule has 0 radical (unpaired) electrons. The molecule has 2 aromatic heterocycles. The second-order valence-electron chi connectivity index (χ2n) is 6.07. The molecule has 23 heavy (non-hydrogen) atoms. The number of imidazole rings is 1. The molecule has 3 heterocycles. The van der Waals surface area contributed by atoms with E-state index in [0.29, 0.717) is 5.92 Å². The molecule has 7 heteroatoms. The zero-order valence-electron chi connectivity index (χ0n) is 13.9. The molecule has 0 spiro atoms. The maximum absolute atomic E-state index is 12.8. The largest absolute Gasteiger partial charge is 0.365 e. The van der Waals surface area contributed by atoms with E-state index in [1.807, 2.05) is 38.2 Å². The second-order valence-corrected chi connectivity index (χ2v) is 7.07. The number of carbonyl (C=O) groups excluding carboxylic acids is 1. The van der Waals surface area contributed by atoms with Crippen LogP contribution in [0.2, 0.25) is 0 Å². The molecule has 3 rings (SSSR count). The molecule has 1 saturated heterocycles. The van der Waals surface area contributed by atoms with Crippen LogP contribution in [0.3, 0.4) is 0 Å². The van der Waals surface area contributed by atoms with Crippen molar-refractivity contribution in [2.75, 3.05) is 25.5 Å². The van der Waals surface area contributed by atoms with Crippen LogP contribution in [0.25, 0.3) is 0 Å². The molecule has 0 bridgehead atoms. The van der Waals surface area contributed by atoms with Crippen molar-refractivity contribution < 1.29 is 4.79 Å². The summed E-state index contributed by atoms with van der Waals surface area (Å²) in [5.41, 5.74) is 0.817. The summed E-state index contributed by atoms with van der Waals surface area (Å²) in [4.78, 5) is 24.2. The van der Waals surface area contributed by atoms with Crippen LogP contribution in [-0.2, 0) is 6.54 Å². The van der Waals surface area contributed by atoms with Crippen molar-refractivity contribution in [3.63, 3.8) is 0 Å². The Morgan fingerprint density at radius 3 is 2.96 bits per heavy atom. The molecule has 1 aliphatic heterocycles. The maximum Gasteiger partial charge on any atom is 0.265 e. The van der Waals surface area contributed by atoms with Gasteiger partial charge in [-0.15, -0.1) is 0 Å². The van der Waals surface area contributed by atoms with Gasteiger partial charge in [0.05, 0.1) is 5.69 Å². The Bertz CT molecular complexity index is 692. The summed E-state index contributed by atoms with van der Waals surface area (Å²) in [6.45, 7) is 6.50. The average Bonchev–Trinajstić information content (AvgIpc) is 3.13. The first-order valence-corrected chi connectivity index (χ1v) is 8.82. The van der Waals surface area contributed by atoms with Gasteiger partial charge in [0, 0.05) is 39.1 Å². The predicted molar refractivity (Wildman–Crippen MR) is 92.0 cm³/mol. The molecule has 1 fully saturated rings. The first-order valence-electron chi connectivity index (χ1n) is 8.00. The van der Waals surface area contributed by atoms with E-state index < -0.39 is 0 Å². The summed E-state index contributed by atoms with van der Waals surface area (Å²) in [5, 5.41) is 3.82. The van der Waals surface area contributed by atoms with Gasteiger partial charge in [-0.2, -0.15) is 0 Å². The number of thiazole rings is 1. The van der Waals surface area contributed by atoms with Crippen molar-refractivity contribution in [1.29, 1.82) is 0 Å². The Morgan fingerprint density at radius 1 is 1.48 bits per heavy atom. The molecule has 2 aromatic rings.